The Morgan fingerprint density at radius 2 is 2.00 bits per heavy atom. The lowest BCUT2D eigenvalue weighted by atomic mass is 9.70. The number of carboxylic acids is 1. The Bertz CT molecular complexity index is 941. The molecule has 0 bridgehead atoms. The summed E-state index contributed by atoms with van der Waals surface area (Å²) in [6, 6.07) is 13.6. The highest BCUT2D eigenvalue weighted by atomic mass is 16.5. The Morgan fingerprint density at radius 3 is 2.71 bits per heavy atom. The molecule has 0 aromatic heterocycles. The molecule has 5 nitrogen and oxygen atoms in total. The fraction of sp³-hybridized carbons (Fsp3) is 0.423. The average molecular weight is 422 g/mol. The van der Waals surface area contributed by atoms with E-state index >= 15 is 0 Å². The van der Waals surface area contributed by atoms with E-state index in [4.69, 9.17) is 4.74 Å². The number of aliphatic hydroxyl groups is 1. The minimum Gasteiger partial charge on any atom is -0.491 e. The van der Waals surface area contributed by atoms with E-state index < -0.39 is 12.1 Å². The van der Waals surface area contributed by atoms with Gasteiger partial charge in [-0.05, 0) is 73.3 Å². The summed E-state index contributed by atoms with van der Waals surface area (Å²) in [6.45, 7) is 5.78. The molecule has 2 N–H and O–H groups in total. The standard InChI is InChI=1S/C26H31NO4/c1-2-24(28)22-12-10-21(22)17-27-16-20-9-4-3-7-18(20)8-5-6-14-31-25-13-11-19(26(29)30)15-23(25)27/h2-4,7,9,11,13,15,21-22,24,28H,1,5-6,8,10,12,14,16-17H2,(H,29,30)/t21-,22+,24-/m0/s1. The fourth-order valence-electron chi connectivity index (χ4n) is 4.76. The van der Waals surface area contributed by atoms with Crippen molar-refractivity contribution in [3.8, 4) is 5.75 Å². The van der Waals surface area contributed by atoms with Gasteiger partial charge in [0.2, 0.25) is 0 Å². The van der Waals surface area contributed by atoms with Gasteiger partial charge in [-0.25, -0.2) is 4.79 Å². The van der Waals surface area contributed by atoms with Crippen LogP contribution in [-0.2, 0) is 13.0 Å². The smallest absolute Gasteiger partial charge is 0.335 e. The number of benzene rings is 2. The van der Waals surface area contributed by atoms with E-state index in [1.54, 1.807) is 24.3 Å². The molecular weight excluding hydrogens is 390 g/mol. The van der Waals surface area contributed by atoms with Crippen LogP contribution in [0.15, 0.2) is 55.1 Å². The van der Waals surface area contributed by atoms with Crippen LogP contribution >= 0.6 is 0 Å². The lowest BCUT2D eigenvalue weighted by Gasteiger charge is -2.42. The topological polar surface area (TPSA) is 70.0 Å². The fourth-order valence-corrected chi connectivity index (χ4v) is 4.76. The van der Waals surface area contributed by atoms with Gasteiger partial charge < -0.3 is 19.8 Å². The van der Waals surface area contributed by atoms with Crippen molar-refractivity contribution in [3.63, 3.8) is 0 Å². The highest BCUT2D eigenvalue weighted by molar-refractivity contribution is 5.89. The summed E-state index contributed by atoms with van der Waals surface area (Å²) in [7, 11) is 0. The molecule has 0 saturated heterocycles. The zero-order valence-corrected chi connectivity index (χ0v) is 17.9. The van der Waals surface area contributed by atoms with Crippen molar-refractivity contribution in [2.45, 2.75) is 44.8 Å². The predicted octanol–water partition coefficient (Wildman–Crippen LogP) is 4.68. The molecule has 0 unspecified atom stereocenters. The van der Waals surface area contributed by atoms with Crippen LogP contribution in [0.2, 0.25) is 0 Å². The Hall–Kier alpha value is -2.79. The van der Waals surface area contributed by atoms with Crippen LogP contribution in [0.3, 0.4) is 0 Å². The Labute approximate surface area is 184 Å². The first-order valence-electron chi connectivity index (χ1n) is 11.2. The quantitative estimate of drug-likeness (QED) is 0.686. The molecule has 5 heteroatoms. The number of nitrogens with zero attached hydrogens (tertiary/aromatic N) is 1. The lowest BCUT2D eigenvalue weighted by molar-refractivity contribution is 0.0464. The number of aromatic carboxylic acids is 1. The molecule has 2 aromatic carbocycles. The van der Waals surface area contributed by atoms with Gasteiger partial charge in [-0.3, -0.25) is 0 Å². The van der Waals surface area contributed by atoms with Gasteiger partial charge in [-0.1, -0.05) is 30.3 Å². The summed E-state index contributed by atoms with van der Waals surface area (Å²) in [5.74, 6) is 0.301. The summed E-state index contributed by atoms with van der Waals surface area (Å²) >= 11 is 0. The molecule has 1 aliphatic heterocycles. The molecule has 164 valence electrons. The van der Waals surface area contributed by atoms with Crippen molar-refractivity contribution >= 4 is 11.7 Å². The Balaban J connectivity index is 1.73. The van der Waals surface area contributed by atoms with E-state index in [0.717, 1.165) is 50.1 Å². The zero-order valence-electron chi connectivity index (χ0n) is 17.9. The first kappa shape index (κ1) is 21.4. The van der Waals surface area contributed by atoms with E-state index in [1.165, 1.54) is 11.1 Å². The third-order valence-electron chi connectivity index (χ3n) is 6.74. The van der Waals surface area contributed by atoms with Crippen molar-refractivity contribution in [1.29, 1.82) is 0 Å². The van der Waals surface area contributed by atoms with Crippen molar-refractivity contribution in [2.24, 2.45) is 11.8 Å². The maximum atomic E-state index is 11.7. The number of ether oxygens (including phenoxy) is 1. The van der Waals surface area contributed by atoms with E-state index in [-0.39, 0.29) is 11.5 Å². The lowest BCUT2D eigenvalue weighted by Crippen LogP contribution is -2.42. The maximum absolute atomic E-state index is 11.7. The number of hydrogen-bond donors (Lipinski definition) is 2. The molecule has 31 heavy (non-hydrogen) atoms. The van der Waals surface area contributed by atoms with Crippen LogP contribution in [-0.4, -0.2) is 35.4 Å². The van der Waals surface area contributed by atoms with E-state index in [2.05, 4.69) is 35.7 Å². The van der Waals surface area contributed by atoms with Gasteiger partial charge in [0.25, 0.3) is 0 Å². The highest BCUT2D eigenvalue weighted by Gasteiger charge is 2.36. The second-order valence-electron chi connectivity index (χ2n) is 8.67. The molecule has 1 heterocycles. The summed E-state index contributed by atoms with van der Waals surface area (Å²) in [6.07, 6.45) is 6.16. The van der Waals surface area contributed by atoms with Gasteiger partial charge in [0.15, 0.2) is 0 Å². The average Bonchev–Trinajstić information content (AvgIpc) is 2.79. The van der Waals surface area contributed by atoms with Gasteiger partial charge in [-0.2, -0.15) is 0 Å². The van der Waals surface area contributed by atoms with Crippen molar-refractivity contribution in [3.05, 3.63) is 71.8 Å². The van der Waals surface area contributed by atoms with Gasteiger partial charge in [0.1, 0.15) is 5.75 Å². The molecule has 2 aromatic rings. The molecule has 0 amide bonds. The van der Waals surface area contributed by atoms with Crippen molar-refractivity contribution in [2.75, 3.05) is 18.1 Å². The molecule has 2 aliphatic rings. The second-order valence-corrected chi connectivity index (χ2v) is 8.67. The van der Waals surface area contributed by atoms with Crippen LogP contribution < -0.4 is 9.64 Å². The summed E-state index contributed by atoms with van der Waals surface area (Å²) < 4.78 is 6.11. The third-order valence-corrected chi connectivity index (χ3v) is 6.74. The van der Waals surface area contributed by atoms with E-state index in [1.807, 2.05) is 0 Å². The number of anilines is 1. The zero-order chi connectivity index (χ0) is 21.8. The molecule has 1 saturated carbocycles. The van der Waals surface area contributed by atoms with Crippen LogP contribution in [0.1, 0.15) is 47.2 Å². The molecule has 1 fully saturated rings. The predicted molar refractivity (Wildman–Crippen MR) is 122 cm³/mol. The number of aryl methyl sites for hydroxylation is 1. The maximum Gasteiger partial charge on any atom is 0.335 e. The minimum absolute atomic E-state index is 0.193. The molecule has 4 rings (SSSR count). The van der Waals surface area contributed by atoms with E-state index in [0.29, 0.717) is 19.1 Å². The number of carbonyl (C=O) groups is 1. The van der Waals surface area contributed by atoms with Gasteiger partial charge in [0.05, 0.1) is 24.0 Å². The van der Waals surface area contributed by atoms with Crippen molar-refractivity contribution < 1.29 is 19.7 Å². The van der Waals surface area contributed by atoms with Crippen molar-refractivity contribution in [1.82, 2.24) is 0 Å². The van der Waals surface area contributed by atoms with Gasteiger partial charge in [-0.15, -0.1) is 6.58 Å². The van der Waals surface area contributed by atoms with Gasteiger partial charge in [0, 0.05) is 13.1 Å². The van der Waals surface area contributed by atoms with Gasteiger partial charge >= 0.3 is 5.97 Å². The number of aliphatic hydroxyl groups excluding tert-OH is 1. The first-order valence-corrected chi connectivity index (χ1v) is 11.2. The Morgan fingerprint density at radius 1 is 1.19 bits per heavy atom. The molecule has 0 spiro atoms. The first-order chi connectivity index (χ1) is 15.1. The Kier molecular flexibility index (Phi) is 6.62. The number of hydrogen-bond acceptors (Lipinski definition) is 4. The summed E-state index contributed by atoms with van der Waals surface area (Å²) in [4.78, 5) is 13.9. The van der Waals surface area contributed by atoms with Crippen LogP contribution in [0.25, 0.3) is 0 Å². The van der Waals surface area contributed by atoms with Crippen LogP contribution in [0.4, 0.5) is 5.69 Å². The normalized spacial score (nSPS) is 22.0. The highest BCUT2D eigenvalue weighted by Crippen LogP contribution is 2.41. The number of carboxylic acid groups (broad SMARTS) is 1. The molecule has 0 radical (unpaired) electrons. The molecule has 1 aliphatic carbocycles. The third kappa shape index (κ3) is 4.77. The SMILES string of the molecule is C=C[C@H](O)[C@@H]1CC[C@H]1CN1Cc2ccccc2CCCCOc2ccc(C(=O)O)cc21. The minimum atomic E-state index is -0.943. The molecular formula is C26H31NO4. The van der Waals surface area contributed by atoms with E-state index in [9.17, 15) is 15.0 Å². The van der Waals surface area contributed by atoms with Crippen LogP contribution in [0.5, 0.6) is 5.75 Å². The second kappa shape index (κ2) is 9.56. The van der Waals surface area contributed by atoms with Crippen LogP contribution in [0, 0.1) is 11.8 Å². The molecule has 3 atom stereocenters. The number of rotatable bonds is 5. The summed E-state index contributed by atoms with van der Waals surface area (Å²) in [5, 5.41) is 19.9. The monoisotopic (exact) mass is 421 g/mol. The largest absolute Gasteiger partial charge is 0.491 e. The number of fused-ring (bicyclic) bond motifs is 2. The summed E-state index contributed by atoms with van der Waals surface area (Å²) in [5.41, 5.74) is 3.67.